The average Bonchev–Trinajstić information content (AvgIpc) is 2.68. The van der Waals surface area contributed by atoms with E-state index in [9.17, 15) is 0 Å². The van der Waals surface area contributed by atoms with E-state index >= 15 is 0 Å². The van der Waals surface area contributed by atoms with E-state index in [-0.39, 0.29) is 17.2 Å². The van der Waals surface area contributed by atoms with Gasteiger partial charge in [-0.3, -0.25) is 0 Å². The molecule has 1 saturated heterocycles. The Bertz CT molecular complexity index is 381. The summed E-state index contributed by atoms with van der Waals surface area (Å²) in [5.74, 6) is 0.293. The van der Waals surface area contributed by atoms with Crippen molar-refractivity contribution in [3.05, 3.63) is 24.5 Å². The van der Waals surface area contributed by atoms with Crippen LogP contribution in [-0.4, -0.2) is 33.7 Å². The van der Waals surface area contributed by atoms with Crippen LogP contribution in [0.15, 0.2) is 24.5 Å². The molecule has 3 nitrogen and oxygen atoms in total. The second kappa shape index (κ2) is 5.07. The highest BCUT2D eigenvalue weighted by atomic mass is 28.4. The SMILES string of the molecule is C=C1CO[C@@H]2C(CO[Si](C)(C)C(C)(C)C)OC=C[C@H]12. The lowest BCUT2D eigenvalue weighted by Gasteiger charge is -2.38. The Balaban J connectivity index is 1.97. The van der Waals surface area contributed by atoms with E-state index in [0.717, 1.165) is 5.57 Å². The Morgan fingerprint density at radius 3 is 2.74 bits per heavy atom. The van der Waals surface area contributed by atoms with Gasteiger partial charge in [0.25, 0.3) is 0 Å². The second-order valence-corrected chi connectivity index (χ2v) is 11.8. The molecule has 0 aromatic carbocycles. The minimum Gasteiger partial charge on any atom is -0.493 e. The van der Waals surface area contributed by atoms with Crippen molar-refractivity contribution in [3.63, 3.8) is 0 Å². The van der Waals surface area contributed by atoms with Crippen molar-refractivity contribution in [1.29, 1.82) is 0 Å². The molecule has 0 saturated carbocycles. The Morgan fingerprint density at radius 1 is 1.42 bits per heavy atom. The van der Waals surface area contributed by atoms with Crippen LogP contribution in [0.5, 0.6) is 0 Å². The zero-order chi connectivity index (χ0) is 14.3. The standard InChI is InChI=1S/C15H26O3Si/c1-11-9-17-14-12(11)7-8-16-13(14)10-18-19(5,6)15(2,3)4/h7-8,12-14H,1,9-10H2,2-6H3/t12-,13?,14+/m1/s1. The molecule has 0 amide bonds. The lowest BCUT2D eigenvalue weighted by Crippen LogP contribution is -2.46. The third kappa shape index (κ3) is 2.96. The first-order valence-electron chi connectivity index (χ1n) is 6.98. The summed E-state index contributed by atoms with van der Waals surface area (Å²) in [6, 6.07) is 0. The zero-order valence-electron chi connectivity index (χ0n) is 12.7. The van der Waals surface area contributed by atoms with E-state index < -0.39 is 8.32 Å². The van der Waals surface area contributed by atoms with Gasteiger partial charge in [0, 0.05) is 5.92 Å². The van der Waals surface area contributed by atoms with Gasteiger partial charge < -0.3 is 13.9 Å². The minimum atomic E-state index is -1.73. The maximum absolute atomic E-state index is 6.25. The lowest BCUT2D eigenvalue weighted by molar-refractivity contribution is -0.0520. The normalized spacial score (nSPS) is 31.2. The summed E-state index contributed by atoms with van der Waals surface area (Å²) in [7, 11) is -1.73. The first kappa shape index (κ1) is 14.8. The molecule has 4 heteroatoms. The molecule has 3 atom stereocenters. The topological polar surface area (TPSA) is 27.7 Å². The largest absolute Gasteiger partial charge is 0.493 e. The number of fused-ring (bicyclic) bond motifs is 1. The molecule has 0 spiro atoms. The quantitative estimate of drug-likeness (QED) is 0.586. The van der Waals surface area contributed by atoms with Crippen molar-refractivity contribution >= 4 is 8.32 Å². The van der Waals surface area contributed by atoms with Gasteiger partial charge in [0.2, 0.25) is 0 Å². The molecule has 2 heterocycles. The Morgan fingerprint density at radius 2 is 2.11 bits per heavy atom. The molecule has 0 aromatic heterocycles. The predicted octanol–water partition coefficient (Wildman–Crippen LogP) is 3.49. The van der Waals surface area contributed by atoms with Crippen LogP contribution in [0, 0.1) is 5.92 Å². The predicted molar refractivity (Wildman–Crippen MR) is 79.5 cm³/mol. The van der Waals surface area contributed by atoms with E-state index in [1.807, 2.05) is 6.08 Å². The zero-order valence-corrected chi connectivity index (χ0v) is 13.7. The highest BCUT2D eigenvalue weighted by Crippen LogP contribution is 2.38. The van der Waals surface area contributed by atoms with Gasteiger partial charge in [0.05, 0.1) is 19.5 Å². The van der Waals surface area contributed by atoms with Crippen molar-refractivity contribution in [2.24, 2.45) is 5.92 Å². The van der Waals surface area contributed by atoms with Crippen molar-refractivity contribution in [2.45, 2.75) is 51.1 Å². The summed E-state index contributed by atoms with van der Waals surface area (Å²) < 4.78 is 17.7. The molecule has 0 bridgehead atoms. The maximum Gasteiger partial charge on any atom is 0.192 e. The molecule has 2 aliphatic heterocycles. The summed E-state index contributed by atoms with van der Waals surface area (Å²) >= 11 is 0. The first-order chi connectivity index (χ1) is 8.72. The van der Waals surface area contributed by atoms with Crippen molar-refractivity contribution in [2.75, 3.05) is 13.2 Å². The maximum atomic E-state index is 6.25. The fraction of sp³-hybridized carbons (Fsp3) is 0.733. The van der Waals surface area contributed by atoms with Crippen LogP contribution >= 0.6 is 0 Å². The van der Waals surface area contributed by atoms with Crippen LogP contribution in [0.2, 0.25) is 18.1 Å². The van der Waals surface area contributed by atoms with E-state index in [0.29, 0.717) is 19.1 Å². The molecule has 0 aromatic rings. The number of ether oxygens (including phenoxy) is 2. The molecule has 0 aliphatic carbocycles. The summed E-state index contributed by atoms with van der Waals surface area (Å²) in [5, 5.41) is 0.219. The molecular weight excluding hydrogens is 256 g/mol. The van der Waals surface area contributed by atoms with Gasteiger partial charge in [0.1, 0.15) is 12.2 Å². The van der Waals surface area contributed by atoms with Crippen LogP contribution in [0.4, 0.5) is 0 Å². The van der Waals surface area contributed by atoms with Gasteiger partial charge >= 0.3 is 0 Å². The summed E-state index contributed by atoms with van der Waals surface area (Å²) in [4.78, 5) is 0. The van der Waals surface area contributed by atoms with E-state index in [2.05, 4.69) is 40.4 Å². The third-order valence-corrected chi connectivity index (χ3v) is 9.11. The molecule has 0 N–H and O–H groups in total. The fourth-order valence-electron chi connectivity index (χ4n) is 2.17. The minimum absolute atomic E-state index is 0.0108. The van der Waals surface area contributed by atoms with Gasteiger partial charge in [0.15, 0.2) is 8.32 Å². The van der Waals surface area contributed by atoms with Crippen LogP contribution in [-0.2, 0) is 13.9 Å². The third-order valence-electron chi connectivity index (χ3n) is 4.61. The second-order valence-electron chi connectivity index (χ2n) is 7.03. The highest BCUT2D eigenvalue weighted by Gasteiger charge is 2.42. The molecule has 19 heavy (non-hydrogen) atoms. The van der Waals surface area contributed by atoms with E-state index in [1.165, 1.54) is 0 Å². The van der Waals surface area contributed by atoms with Gasteiger partial charge in [-0.25, -0.2) is 0 Å². The lowest BCUT2D eigenvalue weighted by atomic mass is 9.93. The van der Waals surface area contributed by atoms with Gasteiger partial charge in [-0.05, 0) is 29.8 Å². The van der Waals surface area contributed by atoms with Gasteiger partial charge in [-0.2, -0.15) is 0 Å². The fourth-order valence-corrected chi connectivity index (χ4v) is 3.18. The smallest absolute Gasteiger partial charge is 0.192 e. The van der Waals surface area contributed by atoms with Crippen molar-refractivity contribution in [1.82, 2.24) is 0 Å². The van der Waals surface area contributed by atoms with Crippen LogP contribution < -0.4 is 0 Å². The average molecular weight is 282 g/mol. The van der Waals surface area contributed by atoms with Crippen LogP contribution in [0.3, 0.4) is 0 Å². The van der Waals surface area contributed by atoms with Gasteiger partial charge in [-0.1, -0.05) is 27.4 Å². The summed E-state index contributed by atoms with van der Waals surface area (Å²) in [5.41, 5.74) is 1.14. The summed E-state index contributed by atoms with van der Waals surface area (Å²) in [6.07, 6.45) is 3.88. The Hall–Kier alpha value is -0.583. The molecule has 1 fully saturated rings. The summed E-state index contributed by atoms with van der Waals surface area (Å²) in [6.45, 7) is 16.6. The number of rotatable bonds is 3. The van der Waals surface area contributed by atoms with Crippen molar-refractivity contribution < 1.29 is 13.9 Å². The highest BCUT2D eigenvalue weighted by molar-refractivity contribution is 6.74. The monoisotopic (exact) mass is 282 g/mol. The van der Waals surface area contributed by atoms with E-state index in [1.54, 1.807) is 6.26 Å². The molecule has 2 rings (SSSR count). The number of hydrogen-bond donors (Lipinski definition) is 0. The Labute approximate surface area is 117 Å². The molecular formula is C15H26O3Si. The molecule has 2 aliphatic rings. The van der Waals surface area contributed by atoms with Crippen molar-refractivity contribution in [3.8, 4) is 0 Å². The van der Waals surface area contributed by atoms with Crippen LogP contribution in [0.25, 0.3) is 0 Å². The first-order valence-corrected chi connectivity index (χ1v) is 9.88. The molecule has 1 unspecified atom stereocenters. The molecule has 108 valence electrons. The molecule has 0 radical (unpaired) electrons. The van der Waals surface area contributed by atoms with E-state index in [4.69, 9.17) is 13.9 Å². The number of hydrogen-bond acceptors (Lipinski definition) is 3. The Kier molecular flexibility index (Phi) is 3.96. The van der Waals surface area contributed by atoms with Crippen LogP contribution in [0.1, 0.15) is 20.8 Å². The van der Waals surface area contributed by atoms with Gasteiger partial charge in [-0.15, -0.1) is 0 Å².